The van der Waals surface area contributed by atoms with E-state index in [4.69, 9.17) is 11.6 Å². The minimum Gasteiger partial charge on any atom is -0.354 e. The van der Waals surface area contributed by atoms with Gasteiger partial charge in [0.2, 0.25) is 5.91 Å². The predicted octanol–water partition coefficient (Wildman–Crippen LogP) is 4.13. The van der Waals surface area contributed by atoms with Crippen molar-refractivity contribution in [3.63, 3.8) is 0 Å². The molecule has 5 rings (SSSR count). The average molecular weight is 439 g/mol. The molecule has 7 heteroatoms. The van der Waals surface area contributed by atoms with E-state index >= 15 is 0 Å². The average Bonchev–Trinajstić information content (AvgIpc) is 3.10. The molecule has 31 heavy (non-hydrogen) atoms. The molecule has 2 aromatic rings. The number of hydrogen-bond acceptors (Lipinski definition) is 5. The number of halogens is 1. The van der Waals surface area contributed by atoms with Gasteiger partial charge in [0, 0.05) is 68.2 Å². The summed E-state index contributed by atoms with van der Waals surface area (Å²) in [5.74, 6) is 1.35. The van der Waals surface area contributed by atoms with Gasteiger partial charge in [0.15, 0.2) is 0 Å². The summed E-state index contributed by atoms with van der Waals surface area (Å²) in [7, 11) is 0. The number of carbonyl (C=O) groups is 2. The lowest BCUT2D eigenvalue weighted by atomic mass is 9.78. The Morgan fingerprint density at radius 1 is 1.06 bits per heavy atom. The lowest BCUT2D eigenvalue weighted by Gasteiger charge is -2.41. The Bertz CT molecular complexity index is 988. The van der Waals surface area contributed by atoms with Crippen LogP contribution in [-0.4, -0.2) is 52.2 Å². The molecule has 2 aromatic heterocycles. The van der Waals surface area contributed by atoms with E-state index in [1.807, 2.05) is 24.4 Å². The molecule has 162 valence electrons. The van der Waals surface area contributed by atoms with E-state index in [1.165, 1.54) is 0 Å². The van der Waals surface area contributed by atoms with Crippen molar-refractivity contribution in [1.82, 2.24) is 14.9 Å². The topological polar surface area (TPSA) is 66.4 Å². The number of ketones is 1. The second-order valence-electron chi connectivity index (χ2n) is 9.09. The normalized spacial score (nSPS) is 24.9. The Kier molecular flexibility index (Phi) is 5.42. The van der Waals surface area contributed by atoms with Gasteiger partial charge < -0.3 is 9.80 Å². The Hall–Kier alpha value is -2.47. The van der Waals surface area contributed by atoms with Crippen molar-refractivity contribution in [2.24, 2.45) is 5.41 Å². The number of Topliss-reactive ketones (excluding diaryl/α,β-unsaturated/α-hetero) is 1. The smallest absolute Gasteiger partial charge is 0.230 e. The first-order valence-corrected chi connectivity index (χ1v) is 11.6. The summed E-state index contributed by atoms with van der Waals surface area (Å²) in [6.45, 7) is 2.31. The van der Waals surface area contributed by atoms with E-state index in [0.29, 0.717) is 30.2 Å². The zero-order chi connectivity index (χ0) is 21.4. The number of anilines is 1. The predicted molar refractivity (Wildman–Crippen MR) is 120 cm³/mol. The minimum atomic E-state index is -0.354. The molecular formula is C24H27ClN4O2. The fourth-order valence-electron chi connectivity index (χ4n) is 5.48. The van der Waals surface area contributed by atoms with Gasteiger partial charge in [0.05, 0.1) is 10.4 Å². The Labute approximate surface area is 187 Å². The number of piperidine rings is 1. The Morgan fingerprint density at radius 3 is 2.65 bits per heavy atom. The molecule has 1 aliphatic carbocycles. The number of amides is 1. The van der Waals surface area contributed by atoms with Crippen molar-refractivity contribution < 1.29 is 9.59 Å². The molecule has 1 atom stereocenters. The van der Waals surface area contributed by atoms with Gasteiger partial charge in [-0.1, -0.05) is 17.7 Å². The van der Waals surface area contributed by atoms with Gasteiger partial charge >= 0.3 is 0 Å². The summed E-state index contributed by atoms with van der Waals surface area (Å²) >= 11 is 6.66. The molecule has 0 unspecified atom stereocenters. The van der Waals surface area contributed by atoms with Crippen LogP contribution in [-0.2, 0) is 9.59 Å². The quantitative estimate of drug-likeness (QED) is 0.720. The summed E-state index contributed by atoms with van der Waals surface area (Å²) in [6, 6.07) is 6.04. The molecule has 0 N–H and O–H groups in total. The fourth-order valence-corrected chi connectivity index (χ4v) is 5.76. The molecule has 0 radical (unpaired) electrons. The third-order valence-electron chi connectivity index (χ3n) is 7.19. The summed E-state index contributed by atoms with van der Waals surface area (Å²) in [5.41, 5.74) is 1.56. The van der Waals surface area contributed by atoms with Crippen molar-refractivity contribution >= 4 is 29.1 Å². The van der Waals surface area contributed by atoms with E-state index in [2.05, 4.69) is 19.8 Å². The largest absolute Gasteiger partial charge is 0.354 e. The number of likely N-dealkylation sites (tertiary alicyclic amines) is 1. The maximum atomic E-state index is 13.5. The summed E-state index contributed by atoms with van der Waals surface area (Å²) < 4.78 is 0. The number of nitrogens with zero attached hydrogens (tertiary/aromatic N) is 4. The highest BCUT2D eigenvalue weighted by molar-refractivity contribution is 6.33. The minimum absolute atomic E-state index is 0.223. The van der Waals surface area contributed by atoms with Gasteiger partial charge in [0.25, 0.3) is 0 Å². The lowest BCUT2D eigenvalue weighted by Crippen LogP contribution is -2.50. The maximum Gasteiger partial charge on any atom is 0.230 e. The zero-order valence-corrected chi connectivity index (χ0v) is 18.4. The fraction of sp³-hybridized carbons (Fsp3) is 0.500. The number of carbonyl (C=O) groups excluding carboxylic acids is 2. The number of hydrogen-bond donors (Lipinski definition) is 0. The third kappa shape index (κ3) is 3.82. The number of pyridine rings is 2. The van der Waals surface area contributed by atoms with Crippen LogP contribution in [0.3, 0.4) is 0 Å². The maximum absolute atomic E-state index is 13.5. The van der Waals surface area contributed by atoms with Crippen LogP contribution in [0.4, 0.5) is 5.82 Å². The van der Waals surface area contributed by atoms with Gasteiger partial charge in [-0.25, -0.2) is 4.98 Å². The summed E-state index contributed by atoms with van der Waals surface area (Å²) in [4.78, 5) is 38.2. The molecule has 1 spiro atoms. The van der Waals surface area contributed by atoms with Crippen molar-refractivity contribution in [3.8, 4) is 11.1 Å². The van der Waals surface area contributed by atoms with E-state index in [9.17, 15) is 9.59 Å². The van der Waals surface area contributed by atoms with Gasteiger partial charge in [-0.15, -0.1) is 0 Å². The van der Waals surface area contributed by atoms with Gasteiger partial charge in [-0.2, -0.15) is 0 Å². The molecule has 0 aromatic carbocycles. The van der Waals surface area contributed by atoms with Gasteiger partial charge in [-0.3, -0.25) is 14.6 Å². The highest BCUT2D eigenvalue weighted by Crippen LogP contribution is 2.44. The zero-order valence-electron chi connectivity index (χ0n) is 17.6. The van der Waals surface area contributed by atoms with Crippen LogP contribution in [0.15, 0.2) is 36.8 Å². The second-order valence-corrected chi connectivity index (χ2v) is 9.50. The first-order valence-electron chi connectivity index (χ1n) is 11.2. The van der Waals surface area contributed by atoms with E-state index in [-0.39, 0.29) is 17.4 Å². The second kappa shape index (κ2) is 8.23. The lowest BCUT2D eigenvalue weighted by molar-refractivity contribution is -0.140. The molecule has 0 bridgehead atoms. The number of rotatable bonds is 3. The van der Waals surface area contributed by atoms with Gasteiger partial charge in [0.1, 0.15) is 11.6 Å². The first-order chi connectivity index (χ1) is 15.1. The van der Waals surface area contributed by atoms with Crippen molar-refractivity contribution in [3.05, 3.63) is 41.8 Å². The molecule has 6 nitrogen and oxygen atoms in total. The molecule has 3 aliphatic rings. The summed E-state index contributed by atoms with van der Waals surface area (Å²) in [5, 5.41) is 0.603. The molecule has 2 saturated heterocycles. The highest BCUT2D eigenvalue weighted by atomic mass is 35.5. The van der Waals surface area contributed by atoms with Crippen LogP contribution >= 0.6 is 11.6 Å². The van der Waals surface area contributed by atoms with Crippen LogP contribution in [0.2, 0.25) is 5.02 Å². The molecule has 4 heterocycles. The van der Waals surface area contributed by atoms with Gasteiger partial charge in [-0.05, 0) is 44.2 Å². The van der Waals surface area contributed by atoms with Crippen LogP contribution in [0.1, 0.15) is 44.9 Å². The standard InChI is InChI=1S/C24H27ClN4O2/c25-21-13-18(17-3-1-10-26-14-17)15-27-22(21)28-11-2-8-24(16-28)9-12-29(23(24)31)19-4-6-20(30)7-5-19/h1,3,10,13-15,19H,2,4-9,11-12,16H2/t24-/m1/s1. The van der Waals surface area contributed by atoms with E-state index in [1.54, 1.807) is 12.4 Å². The van der Waals surface area contributed by atoms with E-state index < -0.39 is 0 Å². The third-order valence-corrected chi connectivity index (χ3v) is 7.47. The Balaban J connectivity index is 1.34. The van der Waals surface area contributed by atoms with Crippen molar-refractivity contribution in [2.45, 2.75) is 51.0 Å². The molecule has 1 amide bonds. The SMILES string of the molecule is O=C1CCC(N2CC[C@@]3(CCCN(c4ncc(-c5cccnc5)cc4Cl)C3)C2=O)CC1. The number of aromatic nitrogens is 2. The first kappa shape index (κ1) is 20.4. The monoisotopic (exact) mass is 438 g/mol. The van der Waals surface area contributed by atoms with Crippen LogP contribution in [0, 0.1) is 5.41 Å². The highest BCUT2D eigenvalue weighted by Gasteiger charge is 2.51. The van der Waals surface area contributed by atoms with E-state index in [0.717, 1.165) is 62.1 Å². The van der Waals surface area contributed by atoms with Crippen LogP contribution in [0.5, 0.6) is 0 Å². The molecular weight excluding hydrogens is 412 g/mol. The molecule has 3 fully saturated rings. The van der Waals surface area contributed by atoms with Crippen LogP contribution in [0.25, 0.3) is 11.1 Å². The summed E-state index contributed by atoms with van der Waals surface area (Å²) in [6.07, 6.45) is 11.0. The van der Waals surface area contributed by atoms with Crippen molar-refractivity contribution in [1.29, 1.82) is 0 Å². The molecule has 1 saturated carbocycles. The molecule has 2 aliphatic heterocycles. The Morgan fingerprint density at radius 2 is 1.90 bits per heavy atom. The van der Waals surface area contributed by atoms with Crippen molar-refractivity contribution in [2.75, 3.05) is 24.5 Å². The van der Waals surface area contributed by atoms with Crippen LogP contribution < -0.4 is 4.90 Å².